The summed E-state index contributed by atoms with van der Waals surface area (Å²) in [5.41, 5.74) is 0.506. The van der Waals surface area contributed by atoms with E-state index in [0.717, 1.165) is 44.0 Å². The van der Waals surface area contributed by atoms with Crippen LogP contribution in [0.25, 0.3) is 0 Å². The highest BCUT2D eigenvalue weighted by molar-refractivity contribution is 7.13. The Morgan fingerprint density at radius 1 is 1.00 bits per heavy atom. The molecule has 6 nitrogen and oxygen atoms in total. The molecule has 2 fully saturated rings. The molecule has 2 aromatic rings. The Hall–Kier alpha value is -1.83. The zero-order valence-corrected chi connectivity index (χ0v) is 18.9. The van der Waals surface area contributed by atoms with Gasteiger partial charge < -0.3 is 14.7 Å². The molecule has 1 aromatic carbocycles. The van der Waals surface area contributed by atoms with Crippen LogP contribution >= 0.6 is 34.5 Å². The summed E-state index contributed by atoms with van der Waals surface area (Å²) in [5.74, 6) is -0.101. The molecule has 1 unspecified atom stereocenters. The van der Waals surface area contributed by atoms with Gasteiger partial charge in [0.15, 0.2) is 5.13 Å². The lowest BCUT2D eigenvalue weighted by Gasteiger charge is -2.35. The summed E-state index contributed by atoms with van der Waals surface area (Å²) in [6, 6.07) is 4.92. The van der Waals surface area contributed by atoms with Crippen molar-refractivity contribution in [2.24, 2.45) is 5.92 Å². The highest BCUT2D eigenvalue weighted by Gasteiger charge is 2.32. The van der Waals surface area contributed by atoms with Gasteiger partial charge in [-0.15, -0.1) is 11.3 Å². The highest BCUT2D eigenvalue weighted by atomic mass is 35.5. The number of hydrogen-bond acceptors (Lipinski definition) is 5. The van der Waals surface area contributed by atoms with Crippen molar-refractivity contribution in [2.45, 2.75) is 19.3 Å². The van der Waals surface area contributed by atoms with E-state index in [1.54, 1.807) is 34.4 Å². The zero-order chi connectivity index (χ0) is 21.1. The maximum atomic E-state index is 13.2. The van der Waals surface area contributed by atoms with Gasteiger partial charge in [0.2, 0.25) is 5.91 Å². The summed E-state index contributed by atoms with van der Waals surface area (Å²) < 4.78 is 0. The molecule has 0 spiro atoms. The first kappa shape index (κ1) is 21.4. The predicted molar refractivity (Wildman–Crippen MR) is 121 cm³/mol. The number of hydrogen-bond donors (Lipinski definition) is 0. The molecule has 0 saturated carbocycles. The molecule has 0 N–H and O–H groups in total. The number of aromatic nitrogens is 1. The van der Waals surface area contributed by atoms with E-state index >= 15 is 0 Å². The molecule has 9 heteroatoms. The number of carbonyl (C=O) groups excluding carboxylic acids is 2. The average molecular weight is 467 g/mol. The van der Waals surface area contributed by atoms with Gasteiger partial charge in [-0.3, -0.25) is 9.59 Å². The summed E-state index contributed by atoms with van der Waals surface area (Å²) in [4.78, 5) is 36.5. The van der Waals surface area contributed by atoms with E-state index in [-0.39, 0.29) is 17.7 Å². The van der Waals surface area contributed by atoms with Crippen molar-refractivity contribution < 1.29 is 9.59 Å². The van der Waals surface area contributed by atoms with E-state index in [9.17, 15) is 9.59 Å². The summed E-state index contributed by atoms with van der Waals surface area (Å²) >= 11 is 13.7. The number of halogens is 2. The Bertz CT molecular complexity index is 908. The number of piperidine rings is 1. The molecule has 0 aliphatic carbocycles. The minimum absolute atomic E-state index is 0.100. The van der Waals surface area contributed by atoms with E-state index in [1.807, 2.05) is 16.5 Å². The van der Waals surface area contributed by atoms with Gasteiger partial charge in [0.05, 0.1) is 16.0 Å². The topological polar surface area (TPSA) is 56.8 Å². The first-order chi connectivity index (χ1) is 14.5. The number of likely N-dealkylation sites (tertiary alicyclic amines) is 1. The maximum Gasteiger partial charge on any atom is 0.253 e. The molecule has 0 radical (unpaired) electrons. The lowest BCUT2D eigenvalue weighted by molar-refractivity contribution is -0.136. The van der Waals surface area contributed by atoms with Gasteiger partial charge in [0.1, 0.15) is 0 Å². The van der Waals surface area contributed by atoms with Crippen LogP contribution in [0.15, 0.2) is 29.8 Å². The molecule has 160 valence electrons. The first-order valence-electron chi connectivity index (χ1n) is 10.2. The van der Waals surface area contributed by atoms with Crippen molar-refractivity contribution in [2.75, 3.05) is 44.2 Å². The van der Waals surface area contributed by atoms with Crippen LogP contribution < -0.4 is 4.90 Å². The number of benzene rings is 1. The minimum Gasteiger partial charge on any atom is -0.346 e. The third-order valence-corrected chi connectivity index (χ3v) is 7.29. The molecule has 3 heterocycles. The highest BCUT2D eigenvalue weighted by Crippen LogP contribution is 2.26. The molecule has 30 heavy (non-hydrogen) atoms. The Kier molecular flexibility index (Phi) is 6.80. The van der Waals surface area contributed by atoms with Gasteiger partial charge in [0.25, 0.3) is 5.91 Å². The Balaban J connectivity index is 1.38. The lowest BCUT2D eigenvalue weighted by Crippen LogP contribution is -2.47. The van der Waals surface area contributed by atoms with Crippen molar-refractivity contribution >= 4 is 51.5 Å². The normalized spacial score (nSPS) is 20.2. The van der Waals surface area contributed by atoms with Crippen LogP contribution in [-0.2, 0) is 4.79 Å². The molecular weight excluding hydrogens is 443 g/mol. The quantitative estimate of drug-likeness (QED) is 0.684. The summed E-state index contributed by atoms with van der Waals surface area (Å²) in [7, 11) is 0. The lowest BCUT2D eigenvalue weighted by atomic mass is 9.95. The molecule has 0 bridgehead atoms. The second kappa shape index (κ2) is 9.54. The van der Waals surface area contributed by atoms with Crippen molar-refractivity contribution in [1.82, 2.24) is 14.8 Å². The number of anilines is 1. The third kappa shape index (κ3) is 4.74. The summed E-state index contributed by atoms with van der Waals surface area (Å²) in [5, 5.41) is 3.78. The maximum absolute atomic E-state index is 13.2. The van der Waals surface area contributed by atoms with Crippen molar-refractivity contribution in [3.8, 4) is 0 Å². The molecule has 1 aromatic heterocycles. The molecule has 2 amide bonds. The van der Waals surface area contributed by atoms with Gasteiger partial charge in [0, 0.05) is 56.4 Å². The fourth-order valence-corrected chi connectivity index (χ4v) is 5.13. The molecule has 2 saturated heterocycles. The van der Waals surface area contributed by atoms with Crippen LogP contribution in [0.3, 0.4) is 0 Å². The van der Waals surface area contributed by atoms with Gasteiger partial charge in [-0.25, -0.2) is 4.98 Å². The summed E-state index contributed by atoms with van der Waals surface area (Å²) in [6.45, 7) is 4.24. The largest absolute Gasteiger partial charge is 0.346 e. The van der Waals surface area contributed by atoms with Crippen molar-refractivity contribution in [3.05, 3.63) is 45.4 Å². The molecule has 1 atom stereocenters. The second-order valence-electron chi connectivity index (χ2n) is 7.70. The second-order valence-corrected chi connectivity index (χ2v) is 9.39. The van der Waals surface area contributed by atoms with Gasteiger partial charge >= 0.3 is 0 Å². The Morgan fingerprint density at radius 2 is 1.83 bits per heavy atom. The monoisotopic (exact) mass is 466 g/mol. The van der Waals surface area contributed by atoms with Crippen LogP contribution in [0.2, 0.25) is 10.0 Å². The molecule has 4 rings (SSSR count). The van der Waals surface area contributed by atoms with E-state index in [1.165, 1.54) is 0 Å². The fraction of sp³-hybridized carbons (Fsp3) is 0.476. The van der Waals surface area contributed by atoms with Crippen LogP contribution in [0.4, 0.5) is 5.13 Å². The van der Waals surface area contributed by atoms with Crippen LogP contribution in [0.1, 0.15) is 29.6 Å². The number of rotatable bonds is 3. The van der Waals surface area contributed by atoms with Crippen LogP contribution in [-0.4, -0.2) is 65.9 Å². The third-order valence-electron chi connectivity index (χ3n) is 5.72. The minimum atomic E-state index is -0.156. The zero-order valence-electron chi connectivity index (χ0n) is 16.6. The van der Waals surface area contributed by atoms with Crippen LogP contribution in [0, 0.1) is 5.92 Å². The van der Waals surface area contributed by atoms with Crippen molar-refractivity contribution in [3.63, 3.8) is 0 Å². The number of nitrogens with zero attached hydrogens (tertiary/aromatic N) is 4. The molecular formula is C21H24Cl2N4O2S. The Labute approximate surface area is 190 Å². The number of amides is 2. The molecule has 2 aliphatic rings. The van der Waals surface area contributed by atoms with E-state index in [0.29, 0.717) is 35.2 Å². The summed E-state index contributed by atoms with van der Waals surface area (Å²) in [6.07, 6.45) is 4.37. The van der Waals surface area contributed by atoms with E-state index < -0.39 is 0 Å². The SMILES string of the molecule is O=C(c1ccc(Cl)c(Cl)c1)N1CCCC(C(=O)N2CCCN(c3nccs3)CC2)C1. The smallest absolute Gasteiger partial charge is 0.253 e. The average Bonchev–Trinajstić information content (AvgIpc) is 3.19. The van der Waals surface area contributed by atoms with E-state index in [2.05, 4.69) is 9.88 Å². The standard InChI is InChI=1S/C21H24Cl2N4O2S/c22-17-5-4-15(13-18(17)23)19(28)27-7-1-3-16(14-27)20(29)25-8-2-9-26(11-10-25)21-24-6-12-30-21/h4-6,12-13,16H,1-3,7-11,14H2. The van der Waals surface area contributed by atoms with Crippen molar-refractivity contribution in [1.29, 1.82) is 0 Å². The van der Waals surface area contributed by atoms with Gasteiger partial charge in [-0.05, 0) is 37.5 Å². The molecule has 2 aliphatic heterocycles. The fourth-order valence-electron chi connectivity index (χ4n) is 4.13. The number of thiazole rings is 1. The van der Waals surface area contributed by atoms with Crippen LogP contribution in [0.5, 0.6) is 0 Å². The van der Waals surface area contributed by atoms with E-state index in [4.69, 9.17) is 23.2 Å². The van der Waals surface area contributed by atoms with Gasteiger partial charge in [-0.2, -0.15) is 0 Å². The Morgan fingerprint density at radius 3 is 2.60 bits per heavy atom. The predicted octanol–water partition coefficient (Wildman–Crippen LogP) is 4.04. The number of carbonyl (C=O) groups is 2. The van der Waals surface area contributed by atoms with Gasteiger partial charge in [-0.1, -0.05) is 23.2 Å². The first-order valence-corrected chi connectivity index (χ1v) is 11.8.